The van der Waals surface area contributed by atoms with E-state index in [1.54, 1.807) is 6.07 Å². The molecule has 0 aliphatic rings. The first-order chi connectivity index (χ1) is 8.34. The summed E-state index contributed by atoms with van der Waals surface area (Å²) in [5.74, 6) is -0.0950. The summed E-state index contributed by atoms with van der Waals surface area (Å²) in [5.41, 5.74) is 2.35. The lowest BCUT2D eigenvalue weighted by Crippen LogP contribution is -2.10. The maximum atomic E-state index is 11.1. The number of hydrogen-bond donors (Lipinski definition) is 1. The minimum absolute atomic E-state index is 0.372. The van der Waals surface area contributed by atoms with E-state index in [4.69, 9.17) is 5.11 Å². The van der Waals surface area contributed by atoms with E-state index in [1.807, 2.05) is 13.8 Å². The van der Waals surface area contributed by atoms with Gasteiger partial charge in [-0.05, 0) is 39.2 Å². The van der Waals surface area contributed by atoms with Gasteiger partial charge in [0.1, 0.15) is 0 Å². The van der Waals surface area contributed by atoms with Gasteiger partial charge >= 0.3 is 5.97 Å². The van der Waals surface area contributed by atoms with Crippen molar-refractivity contribution in [3.63, 3.8) is 0 Å². The molecular formula is C15H25NO2. The summed E-state index contributed by atoms with van der Waals surface area (Å²) in [6.45, 7) is 10.5. The van der Waals surface area contributed by atoms with E-state index in [2.05, 4.69) is 25.3 Å². The highest BCUT2D eigenvalue weighted by Crippen LogP contribution is 2.24. The third-order valence-electron chi connectivity index (χ3n) is 3.56. The predicted octanol–water partition coefficient (Wildman–Crippen LogP) is 4.19. The molecule has 0 bridgehead atoms. The highest BCUT2D eigenvalue weighted by atomic mass is 16.4. The molecule has 0 saturated heterocycles. The average Bonchev–Trinajstić information content (AvgIpc) is 2.53. The van der Waals surface area contributed by atoms with E-state index in [0.29, 0.717) is 11.6 Å². The average molecular weight is 251 g/mol. The number of carboxylic acids is 1. The molecule has 0 spiro atoms. The number of aromatic nitrogens is 1. The van der Waals surface area contributed by atoms with Gasteiger partial charge in [-0.25, -0.2) is 4.79 Å². The lowest BCUT2D eigenvalue weighted by Gasteiger charge is -2.19. The quantitative estimate of drug-likeness (QED) is 0.823. The van der Waals surface area contributed by atoms with Gasteiger partial charge < -0.3 is 9.67 Å². The van der Waals surface area contributed by atoms with Crippen molar-refractivity contribution >= 4 is 5.97 Å². The number of aryl methyl sites for hydroxylation is 1. The number of aromatic carboxylic acids is 1. The van der Waals surface area contributed by atoms with Crippen LogP contribution in [-0.2, 0) is 0 Å². The zero-order valence-electron chi connectivity index (χ0n) is 12.2. The number of rotatable bonds is 6. The van der Waals surface area contributed by atoms with Crippen LogP contribution in [0.15, 0.2) is 6.07 Å². The zero-order valence-corrected chi connectivity index (χ0v) is 12.2. The highest BCUT2D eigenvalue weighted by Gasteiger charge is 2.17. The molecular weight excluding hydrogens is 226 g/mol. The molecule has 0 amide bonds. The Hall–Kier alpha value is -1.25. The molecule has 1 atom stereocenters. The highest BCUT2D eigenvalue weighted by molar-refractivity contribution is 5.89. The SMILES string of the molecule is Cc1cc(C(=O)O)c(C)n1C(C)CCCC(C)C. The van der Waals surface area contributed by atoms with Crippen molar-refractivity contribution in [2.45, 2.75) is 59.9 Å². The van der Waals surface area contributed by atoms with Gasteiger partial charge in [-0.1, -0.05) is 26.7 Å². The topological polar surface area (TPSA) is 42.2 Å². The van der Waals surface area contributed by atoms with Crippen LogP contribution in [0.1, 0.15) is 67.8 Å². The summed E-state index contributed by atoms with van der Waals surface area (Å²) in [4.78, 5) is 11.1. The predicted molar refractivity (Wildman–Crippen MR) is 74.3 cm³/mol. The molecule has 1 N–H and O–H groups in total. The Morgan fingerprint density at radius 2 is 1.89 bits per heavy atom. The molecule has 3 nitrogen and oxygen atoms in total. The Bertz CT molecular complexity index is 418. The summed E-state index contributed by atoms with van der Waals surface area (Å²) < 4.78 is 2.16. The molecule has 0 fully saturated rings. The van der Waals surface area contributed by atoms with Gasteiger partial charge in [0.05, 0.1) is 5.56 Å². The maximum absolute atomic E-state index is 11.1. The van der Waals surface area contributed by atoms with E-state index in [-0.39, 0.29) is 0 Å². The van der Waals surface area contributed by atoms with Crippen molar-refractivity contribution in [1.29, 1.82) is 0 Å². The van der Waals surface area contributed by atoms with E-state index in [1.165, 1.54) is 12.8 Å². The van der Waals surface area contributed by atoms with Crippen LogP contribution in [0.4, 0.5) is 0 Å². The van der Waals surface area contributed by atoms with Crippen molar-refractivity contribution in [2.24, 2.45) is 5.92 Å². The van der Waals surface area contributed by atoms with Gasteiger partial charge in [0.2, 0.25) is 0 Å². The summed E-state index contributed by atoms with van der Waals surface area (Å²) in [5, 5.41) is 9.12. The van der Waals surface area contributed by atoms with E-state index in [9.17, 15) is 4.79 Å². The van der Waals surface area contributed by atoms with Crippen LogP contribution < -0.4 is 0 Å². The van der Waals surface area contributed by atoms with Crippen LogP contribution in [0.5, 0.6) is 0 Å². The molecule has 0 aliphatic heterocycles. The Kier molecular flexibility index (Phi) is 5.00. The van der Waals surface area contributed by atoms with Crippen LogP contribution in [0.2, 0.25) is 0 Å². The lowest BCUT2D eigenvalue weighted by molar-refractivity contribution is 0.0696. The first-order valence-electron chi connectivity index (χ1n) is 6.76. The number of carboxylic acid groups (broad SMARTS) is 1. The fraction of sp³-hybridized carbons (Fsp3) is 0.667. The Labute approximate surface area is 110 Å². The van der Waals surface area contributed by atoms with Crippen molar-refractivity contribution in [3.05, 3.63) is 23.0 Å². The van der Waals surface area contributed by atoms with E-state index < -0.39 is 5.97 Å². The third kappa shape index (κ3) is 3.37. The Morgan fingerprint density at radius 1 is 1.28 bits per heavy atom. The fourth-order valence-corrected chi connectivity index (χ4v) is 2.62. The maximum Gasteiger partial charge on any atom is 0.337 e. The normalized spacial score (nSPS) is 13.0. The van der Waals surface area contributed by atoms with Crippen LogP contribution in [0, 0.1) is 19.8 Å². The second kappa shape index (κ2) is 6.07. The minimum atomic E-state index is -0.830. The van der Waals surface area contributed by atoms with Gasteiger partial charge in [0, 0.05) is 17.4 Å². The molecule has 1 heterocycles. The largest absolute Gasteiger partial charge is 0.478 e. The molecule has 0 saturated carbocycles. The first-order valence-corrected chi connectivity index (χ1v) is 6.76. The van der Waals surface area contributed by atoms with Crippen molar-refractivity contribution in [1.82, 2.24) is 4.57 Å². The fourth-order valence-electron chi connectivity index (χ4n) is 2.62. The Morgan fingerprint density at radius 3 is 2.33 bits per heavy atom. The molecule has 0 aliphatic carbocycles. The van der Waals surface area contributed by atoms with E-state index >= 15 is 0 Å². The van der Waals surface area contributed by atoms with Crippen molar-refractivity contribution in [3.8, 4) is 0 Å². The molecule has 1 rings (SSSR count). The number of nitrogens with zero attached hydrogens (tertiary/aromatic N) is 1. The molecule has 3 heteroatoms. The smallest absolute Gasteiger partial charge is 0.337 e. The van der Waals surface area contributed by atoms with Crippen LogP contribution in [-0.4, -0.2) is 15.6 Å². The summed E-state index contributed by atoms with van der Waals surface area (Å²) >= 11 is 0. The van der Waals surface area contributed by atoms with Gasteiger partial charge in [-0.2, -0.15) is 0 Å². The summed E-state index contributed by atoms with van der Waals surface area (Å²) in [6, 6.07) is 2.15. The van der Waals surface area contributed by atoms with Crippen molar-refractivity contribution < 1.29 is 9.90 Å². The molecule has 0 aromatic carbocycles. The van der Waals surface area contributed by atoms with Gasteiger partial charge in [0.15, 0.2) is 0 Å². The molecule has 1 aromatic heterocycles. The lowest BCUT2D eigenvalue weighted by atomic mass is 10.0. The second-order valence-corrected chi connectivity index (χ2v) is 5.63. The van der Waals surface area contributed by atoms with E-state index in [0.717, 1.165) is 23.7 Å². The van der Waals surface area contributed by atoms with Gasteiger partial charge in [0.25, 0.3) is 0 Å². The molecule has 102 valence electrons. The first kappa shape index (κ1) is 14.8. The standard InChI is InChI=1S/C15H25NO2/c1-10(2)7-6-8-11(3)16-12(4)9-14(13(16)5)15(17)18/h9-11H,6-8H2,1-5H3,(H,17,18). The van der Waals surface area contributed by atoms with Crippen LogP contribution in [0.25, 0.3) is 0 Å². The van der Waals surface area contributed by atoms with Crippen LogP contribution >= 0.6 is 0 Å². The molecule has 18 heavy (non-hydrogen) atoms. The monoisotopic (exact) mass is 251 g/mol. The third-order valence-corrected chi connectivity index (χ3v) is 3.56. The van der Waals surface area contributed by atoms with Crippen LogP contribution in [0.3, 0.4) is 0 Å². The minimum Gasteiger partial charge on any atom is -0.478 e. The molecule has 1 unspecified atom stereocenters. The summed E-state index contributed by atoms with van der Waals surface area (Å²) in [6.07, 6.45) is 3.53. The number of carbonyl (C=O) groups is 1. The molecule has 1 aromatic rings. The summed E-state index contributed by atoms with van der Waals surface area (Å²) in [7, 11) is 0. The van der Waals surface area contributed by atoms with Gasteiger partial charge in [-0.15, -0.1) is 0 Å². The zero-order chi connectivity index (χ0) is 13.9. The van der Waals surface area contributed by atoms with Gasteiger partial charge in [-0.3, -0.25) is 0 Å². The second-order valence-electron chi connectivity index (χ2n) is 5.63. The van der Waals surface area contributed by atoms with Crippen molar-refractivity contribution in [2.75, 3.05) is 0 Å². The molecule has 0 radical (unpaired) electrons. The number of hydrogen-bond acceptors (Lipinski definition) is 1. The Balaban J connectivity index is 2.79.